The molecule has 0 amide bonds. The van der Waals surface area contributed by atoms with Crippen LogP contribution in [-0.2, 0) is 5.41 Å². The molecule has 0 saturated heterocycles. The third kappa shape index (κ3) is 2.60. The number of phenols is 1. The molecule has 0 unspecified atom stereocenters. The highest BCUT2D eigenvalue weighted by Crippen LogP contribution is 2.43. The van der Waals surface area contributed by atoms with Crippen molar-refractivity contribution < 1.29 is 9.90 Å². The molecule has 2 N–H and O–H groups in total. The van der Waals surface area contributed by atoms with Gasteiger partial charge in [0, 0.05) is 33.9 Å². The molecule has 1 aliphatic heterocycles. The maximum Gasteiger partial charge on any atom is 0.187 e. The van der Waals surface area contributed by atoms with E-state index in [1.807, 2.05) is 12.1 Å². The third-order valence-corrected chi connectivity index (χ3v) is 5.33. The fourth-order valence-corrected chi connectivity index (χ4v) is 3.11. The first-order chi connectivity index (χ1) is 11.2. The Kier molecular flexibility index (Phi) is 3.75. The molecule has 2 aromatic carbocycles. The van der Waals surface area contributed by atoms with Gasteiger partial charge in [0.1, 0.15) is 5.75 Å². The molecular weight excluding hydrogens is 298 g/mol. The molecule has 24 heavy (non-hydrogen) atoms. The number of fused-ring (bicyclic) bond motifs is 1. The van der Waals surface area contributed by atoms with E-state index < -0.39 is 0 Å². The maximum atomic E-state index is 12.6. The predicted molar refractivity (Wildman–Crippen MR) is 97.1 cm³/mol. The van der Waals surface area contributed by atoms with Crippen molar-refractivity contribution in [2.24, 2.45) is 0 Å². The first-order valence-electron chi connectivity index (χ1n) is 8.15. The van der Waals surface area contributed by atoms with Gasteiger partial charge in [-0.3, -0.25) is 4.79 Å². The average molecular weight is 321 g/mol. The van der Waals surface area contributed by atoms with Gasteiger partial charge in [0.2, 0.25) is 0 Å². The quantitative estimate of drug-likeness (QED) is 0.641. The van der Waals surface area contributed by atoms with Crippen molar-refractivity contribution in [1.82, 2.24) is 5.32 Å². The number of allylic oxidation sites excluding steroid dienone is 1. The van der Waals surface area contributed by atoms with Gasteiger partial charge in [-0.05, 0) is 43.7 Å². The number of ketones is 1. The van der Waals surface area contributed by atoms with Crippen LogP contribution in [-0.4, -0.2) is 16.4 Å². The van der Waals surface area contributed by atoms with E-state index in [0.717, 1.165) is 11.3 Å². The molecule has 3 nitrogen and oxygen atoms in total. The van der Waals surface area contributed by atoms with Gasteiger partial charge >= 0.3 is 0 Å². The fourth-order valence-electron chi connectivity index (χ4n) is 3.11. The van der Waals surface area contributed by atoms with Gasteiger partial charge < -0.3 is 10.4 Å². The summed E-state index contributed by atoms with van der Waals surface area (Å²) in [7, 11) is 0. The Morgan fingerprint density at radius 3 is 2.29 bits per heavy atom. The van der Waals surface area contributed by atoms with E-state index in [0.29, 0.717) is 5.56 Å². The standard InChI is InChI=1S/C21H23NO2/c1-20(2)17-8-6-5-7-16(17)18(22-21(20,3)4)13-19(24)14-9-11-15(23)12-10-14/h5-13,22-23H,1-4H3/b18-13+. The molecule has 0 spiro atoms. The van der Waals surface area contributed by atoms with Crippen molar-refractivity contribution in [3.05, 3.63) is 71.3 Å². The summed E-state index contributed by atoms with van der Waals surface area (Å²) in [6, 6.07) is 14.6. The molecule has 0 aliphatic carbocycles. The van der Waals surface area contributed by atoms with Crippen molar-refractivity contribution >= 4 is 11.5 Å². The molecule has 0 radical (unpaired) electrons. The minimum atomic E-state index is -0.192. The number of phenolic OH excluding ortho intramolecular Hbond substituents is 1. The first kappa shape index (κ1) is 16.3. The molecule has 124 valence electrons. The fraction of sp³-hybridized carbons (Fsp3) is 0.286. The summed E-state index contributed by atoms with van der Waals surface area (Å²) in [5.41, 5.74) is 3.44. The van der Waals surface area contributed by atoms with Gasteiger partial charge in [-0.2, -0.15) is 0 Å². The summed E-state index contributed by atoms with van der Waals surface area (Å²) >= 11 is 0. The Hall–Kier alpha value is -2.55. The largest absolute Gasteiger partial charge is 0.508 e. The van der Waals surface area contributed by atoms with Crippen molar-refractivity contribution in [3.63, 3.8) is 0 Å². The second-order valence-electron chi connectivity index (χ2n) is 7.39. The molecule has 0 fully saturated rings. The van der Waals surface area contributed by atoms with Gasteiger partial charge in [-0.1, -0.05) is 38.1 Å². The topological polar surface area (TPSA) is 49.3 Å². The van der Waals surface area contributed by atoms with E-state index in [9.17, 15) is 9.90 Å². The number of rotatable bonds is 2. The molecule has 1 heterocycles. The van der Waals surface area contributed by atoms with Crippen LogP contribution in [0.25, 0.3) is 5.70 Å². The highest BCUT2D eigenvalue weighted by Gasteiger charge is 2.44. The number of hydrogen-bond donors (Lipinski definition) is 2. The van der Waals surface area contributed by atoms with Crippen LogP contribution in [0, 0.1) is 0 Å². The molecule has 3 rings (SSSR count). The highest BCUT2D eigenvalue weighted by atomic mass is 16.3. The molecular formula is C21H23NO2. The number of carbonyl (C=O) groups is 1. The van der Waals surface area contributed by atoms with Crippen molar-refractivity contribution in [3.8, 4) is 5.75 Å². The van der Waals surface area contributed by atoms with Gasteiger partial charge in [0.05, 0.1) is 0 Å². The monoisotopic (exact) mass is 321 g/mol. The second-order valence-corrected chi connectivity index (χ2v) is 7.39. The summed E-state index contributed by atoms with van der Waals surface area (Å²) in [5, 5.41) is 12.9. The normalized spacial score (nSPS) is 19.4. The lowest BCUT2D eigenvalue weighted by atomic mass is 9.65. The zero-order valence-electron chi connectivity index (χ0n) is 14.6. The minimum Gasteiger partial charge on any atom is -0.508 e. The molecule has 0 saturated carbocycles. The summed E-state index contributed by atoms with van der Waals surface area (Å²) in [4.78, 5) is 12.6. The molecule has 2 aromatic rings. The number of carbonyl (C=O) groups excluding carboxylic acids is 1. The maximum absolute atomic E-state index is 12.6. The lowest BCUT2D eigenvalue weighted by molar-refractivity contribution is 0.104. The molecule has 3 heteroatoms. The molecule has 0 bridgehead atoms. The second kappa shape index (κ2) is 5.52. The minimum absolute atomic E-state index is 0.0669. The molecule has 0 aromatic heterocycles. The van der Waals surface area contributed by atoms with Crippen LogP contribution in [0.15, 0.2) is 54.6 Å². The lowest BCUT2D eigenvalue weighted by Crippen LogP contribution is -2.56. The Morgan fingerprint density at radius 1 is 1.00 bits per heavy atom. The molecule has 0 atom stereocenters. The Balaban J connectivity index is 2.07. The van der Waals surface area contributed by atoms with Crippen LogP contribution >= 0.6 is 0 Å². The van der Waals surface area contributed by atoms with Crippen LogP contribution in [0.2, 0.25) is 0 Å². The summed E-state index contributed by atoms with van der Waals surface area (Å²) < 4.78 is 0. The van der Waals surface area contributed by atoms with Crippen LogP contribution in [0.5, 0.6) is 5.75 Å². The van der Waals surface area contributed by atoms with Gasteiger partial charge in [-0.25, -0.2) is 0 Å². The summed E-state index contributed by atoms with van der Waals surface area (Å²) in [6.45, 7) is 8.75. The average Bonchev–Trinajstić information content (AvgIpc) is 2.53. The zero-order chi connectivity index (χ0) is 17.5. The van der Waals surface area contributed by atoms with Gasteiger partial charge in [0.25, 0.3) is 0 Å². The highest BCUT2D eigenvalue weighted by molar-refractivity contribution is 6.08. The van der Waals surface area contributed by atoms with Crippen molar-refractivity contribution in [2.75, 3.05) is 0 Å². The first-order valence-corrected chi connectivity index (χ1v) is 8.15. The molecule has 1 aliphatic rings. The number of aromatic hydroxyl groups is 1. The van der Waals surface area contributed by atoms with Crippen LogP contribution in [0.3, 0.4) is 0 Å². The third-order valence-electron chi connectivity index (χ3n) is 5.33. The Bertz CT molecular complexity index is 814. The summed E-state index contributed by atoms with van der Waals surface area (Å²) in [5.74, 6) is 0.0750. The van der Waals surface area contributed by atoms with E-state index >= 15 is 0 Å². The van der Waals surface area contributed by atoms with Gasteiger partial charge in [-0.15, -0.1) is 0 Å². The van der Waals surface area contributed by atoms with Crippen molar-refractivity contribution in [1.29, 1.82) is 0 Å². The zero-order valence-corrected chi connectivity index (χ0v) is 14.6. The van der Waals surface area contributed by atoms with Crippen molar-refractivity contribution in [2.45, 2.75) is 38.6 Å². The smallest absolute Gasteiger partial charge is 0.187 e. The predicted octanol–water partition coefficient (Wildman–Crippen LogP) is 4.28. The van der Waals surface area contributed by atoms with E-state index in [4.69, 9.17) is 0 Å². The van der Waals surface area contributed by atoms with E-state index in [1.54, 1.807) is 18.2 Å². The number of nitrogens with one attached hydrogen (secondary N) is 1. The van der Waals surface area contributed by atoms with Crippen LogP contribution in [0.1, 0.15) is 49.2 Å². The Labute approximate surface area is 143 Å². The van der Waals surface area contributed by atoms with Crippen LogP contribution < -0.4 is 5.32 Å². The van der Waals surface area contributed by atoms with Gasteiger partial charge in [0.15, 0.2) is 5.78 Å². The summed E-state index contributed by atoms with van der Waals surface area (Å²) in [6.07, 6.45) is 1.65. The van der Waals surface area contributed by atoms with Crippen LogP contribution in [0.4, 0.5) is 0 Å². The lowest BCUT2D eigenvalue weighted by Gasteiger charge is -2.49. The van der Waals surface area contributed by atoms with E-state index in [1.165, 1.54) is 17.7 Å². The number of benzene rings is 2. The number of hydrogen-bond acceptors (Lipinski definition) is 3. The van der Waals surface area contributed by atoms with E-state index in [-0.39, 0.29) is 22.5 Å². The van der Waals surface area contributed by atoms with E-state index in [2.05, 4.69) is 45.1 Å². The Morgan fingerprint density at radius 2 is 1.62 bits per heavy atom. The SMILES string of the molecule is CC1(C)N/C(=C/C(=O)c2ccc(O)cc2)c2ccccc2C1(C)C.